The Morgan fingerprint density at radius 2 is 1.60 bits per heavy atom. The monoisotopic (exact) mass is 206 g/mol. The Balaban J connectivity index is 4.25. The molecule has 86 valence electrons. The molecule has 0 nitrogen and oxygen atoms in total. The van der Waals surface area contributed by atoms with Gasteiger partial charge in [0.05, 0.1) is 0 Å². The Morgan fingerprint density at radius 3 is 2.13 bits per heavy atom. The Labute approximate surface area is 95.8 Å². The quantitative estimate of drug-likeness (QED) is 0.497. The van der Waals surface area contributed by atoms with Crippen molar-refractivity contribution in [1.82, 2.24) is 0 Å². The molecule has 0 aromatic carbocycles. The zero-order valence-electron chi connectivity index (χ0n) is 10.8. The van der Waals surface area contributed by atoms with E-state index in [-0.39, 0.29) is 0 Å². The highest BCUT2D eigenvalue weighted by Gasteiger charge is 1.96. The van der Waals surface area contributed by atoms with Gasteiger partial charge >= 0.3 is 0 Å². The van der Waals surface area contributed by atoms with Gasteiger partial charge in [-0.25, -0.2) is 0 Å². The van der Waals surface area contributed by atoms with Gasteiger partial charge in [0.15, 0.2) is 0 Å². The maximum absolute atomic E-state index is 2.28. The first-order valence-corrected chi connectivity index (χ1v) is 6.25. The minimum absolute atomic E-state index is 0.615. The third-order valence-electron chi connectivity index (χ3n) is 2.31. The van der Waals surface area contributed by atoms with Crippen LogP contribution in [0.5, 0.6) is 0 Å². The van der Waals surface area contributed by atoms with Gasteiger partial charge in [-0.2, -0.15) is 0 Å². The molecule has 0 spiro atoms. The molecule has 0 aliphatic rings. The van der Waals surface area contributed by atoms with Crippen molar-refractivity contribution >= 4 is 0 Å². The molecular weight excluding hydrogens is 180 g/mol. The van der Waals surface area contributed by atoms with Crippen molar-refractivity contribution < 1.29 is 0 Å². The number of allylic oxidation sites excluding steroid dienone is 6. The molecule has 0 aliphatic heterocycles. The van der Waals surface area contributed by atoms with Crippen molar-refractivity contribution in [3.8, 4) is 0 Å². The van der Waals surface area contributed by atoms with Gasteiger partial charge in [0.2, 0.25) is 0 Å². The smallest absolute Gasteiger partial charge is 0.0219 e. The van der Waals surface area contributed by atoms with Crippen molar-refractivity contribution in [2.75, 3.05) is 0 Å². The van der Waals surface area contributed by atoms with Gasteiger partial charge in [-0.15, -0.1) is 0 Å². The molecule has 0 unspecified atom stereocenters. The minimum Gasteiger partial charge on any atom is -0.0845 e. The summed E-state index contributed by atoms with van der Waals surface area (Å²) in [5.74, 6) is 0.615. The number of rotatable bonds is 7. The van der Waals surface area contributed by atoms with Crippen molar-refractivity contribution in [2.24, 2.45) is 5.92 Å². The van der Waals surface area contributed by atoms with Crippen molar-refractivity contribution in [2.45, 2.75) is 53.4 Å². The van der Waals surface area contributed by atoms with Crippen LogP contribution in [0, 0.1) is 5.92 Å². The molecule has 0 fully saturated rings. The van der Waals surface area contributed by atoms with Gasteiger partial charge in [-0.05, 0) is 24.3 Å². The predicted octanol–water partition coefficient (Wildman–Crippen LogP) is 5.28. The summed E-state index contributed by atoms with van der Waals surface area (Å²) in [6.45, 7) is 8.91. The highest BCUT2D eigenvalue weighted by molar-refractivity contribution is 5.25. The van der Waals surface area contributed by atoms with Crippen LogP contribution in [-0.4, -0.2) is 0 Å². The Morgan fingerprint density at radius 1 is 1.00 bits per heavy atom. The van der Waals surface area contributed by atoms with E-state index in [1.54, 1.807) is 0 Å². The van der Waals surface area contributed by atoms with E-state index in [9.17, 15) is 0 Å². The number of hydrogen-bond acceptors (Lipinski definition) is 0. The normalized spacial score (nSPS) is 13.5. The lowest BCUT2D eigenvalue weighted by Gasteiger charge is -2.04. The molecule has 0 radical (unpaired) electrons. The zero-order chi connectivity index (χ0) is 11.5. The third kappa shape index (κ3) is 8.23. The van der Waals surface area contributed by atoms with Crippen LogP contribution < -0.4 is 0 Å². The first-order chi connectivity index (χ1) is 7.22. The standard InChI is InChI=1S/C15H26/c1-5-7-9-11-13-15(14(3)4)12-10-8-6-2/h9-14H,5-8H2,1-4H3. The maximum Gasteiger partial charge on any atom is -0.0219 e. The molecule has 0 aromatic heterocycles. The highest BCUT2D eigenvalue weighted by Crippen LogP contribution is 2.12. The van der Waals surface area contributed by atoms with E-state index in [0.717, 1.165) is 0 Å². The summed E-state index contributed by atoms with van der Waals surface area (Å²) in [5.41, 5.74) is 1.43. The van der Waals surface area contributed by atoms with Crippen LogP contribution in [0.15, 0.2) is 36.0 Å². The second kappa shape index (κ2) is 9.76. The van der Waals surface area contributed by atoms with Crippen LogP contribution in [-0.2, 0) is 0 Å². The van der Waals surface area contributed by atoms with E-state index in [1.165, 1.54) is 31.3 Å². The lowest BCUT2D eigenvalue weighted by Crippen LogP contribution is -1.89. The van der Waals surface area contributed by atoms with Gasteiger partial charge in [0.25, 0.3) is 0 Å². The number of unbranched alkanes of at least 4 members (excludes halogenated alkanes) is 2. The number of hydrogen-bond donors (Lipinski definition) is 0. The summed E-state index contributed by atoms with van der Waals surface area (Å²) < 4.78 is 0. The first-order valence-electron chi connectivity index (χ1n) is 6.25. The first kappa shape index (κ1) is 14.2. The van der Waals surface area contributed by atoms with Crippen LogP contribution in [0.1, 0.15) is 53.4 Å². The van der Waals surface area contributed by atoms with E-state index in [1.807, 2.05) is 0 Å². The summed E-state index contributed by atoms with van der Waals surface area (Å²) in [4.78, 5) is 0. The summed E-state index contributed by atoms with van der Waals surface area (Å²) in [6.07, 6.45) is 16.0. The molecule has 0 rings (SSSR count). The zero-order valence-corrected chi connectivity index (χ0v) is 10.8. The average molecular weight is 206 g/mol. The predicted molar refractivity (Wildman–Crippen MR) is 71.0 cm³/mol. The van der Waals surface area contributed by atoms with Crippen LogP contribution in [0.4, 0.5) is 0 Å². The van der Waals surface area contributed by atoms with Crippen LogP contribution in [0.25, 0.3) is 0 Å². The molecule has 0 saturated heterocycles. The topological polar surface area (TPSA) is 0 Å². The Bertz CT molecular complexity index is 216. The summed E-state index contributed by atoms with van der Waals surface area (Å²) >= 11 is 0. The van der Waals surface area contributed by atoms with E-state index in [4.69, 9.17) is 0 Å². The maximum atomic E-state index is 2.28. The minimum atomic E-state index is 0.615. The molecule has 0 aliphatic carbocycles. The van der Waals surface area contributed by atoms with E-state index in [2.05, 4.69) is 58.1 Å². The van der Waals surface area contributed by atoms with Crippen molar-refractivity contribution in [3.63, 3.8) is 0 Å². The molecule has 15 heavy (non-hydrogen) atoms. The third-order valence-corrected chi connectivity index (χ3v) is 2.31. The molecular formula is C15H26. The molecule has 0 atom stereocenters. The molecule has 0 heteroatoms. The Hall–Kier alpha value is -0.780. The molecule has 0 N–H and O–H groups in total. The summed E-state index contributed by atoms with van der Waals surface area (Å²) in [7, 11) is 0. The van der Waals surface area contributed by atoms with Crippen LogP contribution >= 0.6 is 0 Å². The van der Waals surface area contributed by atoms with E-state index < -0.39 is 0 Å². The van der Waals surface area contributed by atoms with Crippen molar-refractivity contribution in [1.29, 1.82) is 0 Å². The molecule has 0 aromatic rings. The SMILES string of the molecule is CCCC=CC=C(C=CCCC)C(C)C. The largest absolute Gasteiger partial charge is 0.0845 e. The van der Waals surface area contributed by atoms with Gasteiger partial charge in [0.1, 0.15) is 0 Å². The molecule has 0 amide bonds. The molecule has 0 bridgehead atoms. The van der Waals surface area contributed by atoms with E-state index in [0.29, 0.717) is 5.92 Å². The lowest BCUT2D eigenvalue weighted by atomic mass is 10.0. The van der Waals surface area contributed by atoms with Crippen molar-refractivity contribution in [3.05, 3.63) is 36.0 Å². The molecule has 0 heterocycles. The highest BCUT2D eigenvalue weighted by atomic mass is 14.0. The molecule has 0 saturated carbocycles. The summed E-state index contributed by atoms with van der Waals surface area (Å²) in [6, 6.07) is 0. The average Bonchev–Trinajstić information content (AvgIpc) is 2.21. The Kier molecular flexibility index (Phi) is 9.26. The van der Waals surface area contributed by atoms with Gasteiger partial charge in [-0.1, -0.05) is 70.9 Å². The van der Waals surface area contributed by atoms with Crippen LogP contribution in [0.3, 0.4) is 0 Å². The fourth-order valence-corrected chi connectivity index (χ4v) is 1.27. The fraction of sp³-hybridized carbons (Fsp3) is 0.600. The lowest BCUT2D eigenvalue weighted by molar-refractivity contribution is 0.789. The summed E-state index contributed by atoms with van der Waals surface area (Å²) in [5, 5.41) is 0. The van der Waals surface area contributed by atoms with E-state index >= 15 is 0 Å². The fourth-order valence-electron chi connectivity index (χ4n) is 1.27. The van der Waals surface area contributed by atoms with Gasteiger partial charge < -0.3 is 0 Å². The van der Waals surface area contributed by atoms with Crippen LogP contribution in [0.2, 0.25) is 0 Å². The second-order valence-electron chi connectivity index (χ2n) is 4.23. The van der Waals surface area contributed by atoms with Gasteiger partial charge in [0, 0.05) is 0 Å². The van der Waals surface area contributed by atoms with Gasteiger partial charge in [-0.3, -0.25) is 0 Å². The second-order valence-corrected chi connectivity index (χ2v) is 4.23.